The molecule has 0 radical (unpaired) electrons. The van der Waals surface area contributed by atoms with Crippen molar-refractivity contribution in [3.63, 3.8) is 0 Å². The van der Waals surface area contributed by atoms with Gasteiger partial charge in [-0.3, -0.25) is 14.5 Å². The Bertz CT molecular complexity index is 811. The van der Waals surface area contributed by atoms with Crippen molar-refractivity contribution in [3.8, 4) is 0 Å². The molecule has 0 spiro atoms. The molecule has 2 aliphatic rings. The third-order valence-corrected chi connectivity index (χ3v) is 5.88. The quantitative estimate of drug-likeness (QED) is 0.769. The Labute approximate surface area is 184 Å². The van der Waals surface area contributed by atoms with Crippen molar-refractivity contribution in [2.24, 2.45) is 0 Å². The van der Waals surface area contributed by atoms with Crippen LogP contribution in [0.25, 0.3) is 0 Å². The number of carbonyl (C=O) groups excluding carboxylic acids is 3. The third kappa shape index (κ3) is 6.21. The van der Waals surface area contributed by atoms with Crippen LogP contribution in [-0.4, -0.2) is 46.5 Å². The van der Waals surface area contributed by atoms with Crippen molar-refractivity contribution >= 4 is 17.9 Å². The SMILES string of the molecule is C[C@@H](NC(=O)[C@@H]1Cc2ccccc2CN1C(=O)OC(C)(C)C)C(=O)NC1CCCCC1. The van der Waals surface area contributed by atoms with Crippen molar-refractivity contribution < 1.29 is 19.1 Å². The maximum Gasteiger partial charge on any atom is 0.411 e. The minimum Gasteiger partial charge on any atom is -0.444 e. The predicted octanol–water partition coefficient (Wildman–Crippen LogP) is 3.30. The van der Waals surface area contributed by atoms with Gasteiger partial charge in [0.05, 0.1) is 6.54 Å². The number of fused-ring (bicyclic) bond motifs is 1. The molecule has 31 heavy (non-hydrogen) atoms. The highest BCUT2D eigenvalue weighted by molar-refractivity contribution is 5.91. The highest BCUT2D eigenvalue weighted by atomic mass is 16.6. The molecule has 0 unspecified atom stereocenters. The maximum absolute atomic E-state index is 13.2. The number of nitrogens with one attached hydrogen (secondary N) is 2. The van der Waals surface area contributed by atoms with Crippen LogP contribution in [0.5, 0.6) is 0 Å². The van der Waals surface area contributed by atoms with E-state index in [1.54, 1.807) is 27.7 Å². The molecule has 3 amide bonds. The van der Waals surface area contributed by atoms with E-state index in [1.165, 1.54) is 11.3 Å². The summed E-state index contributed by atoms with van der Waals surface area (Å²) in [7, 11) is 0. The van der Waals surface area contributed by atoms with Crippen LogP contribution < -0.4 is 10.6 Å². The minimum absolute atomic E-state index is 0.180. The number of benzene rings is 1. The molecular weight excluding hydrogens is 394 g/mol. The molecule has 0 bridgehead atoms. The second-order valence-electron chi connectivity index (χ2n) is 9.67. The lowest BCUT2D eigenvalue weighted by molar-refractivity contribution is -0.132. The Morgan fingerprint density at radius 1 is 1.06 bits per heavy atom. The van der Waals surface area contributed by atoms with Crippen molar-refractivity contribution in [1.29, 1.82) is 0 Å². The van der Waals surface area contributed by atoms with Gasteiger partial charge in [0.1, 0.15) is 17.7 Å². The standard InChI is InChI=1S/C24H35N3O4/c1-16(21(28)26-19-12-6-5-7-13-19)25-22(29)20-14-17-10-8-9-11-18(17)15-27(20)23(30)31-24(2,3)4/h8-11,16,19-20H,5-7,12-15H2,1-4H3,(H,25,29)(H,26,28)/t16-,20+/m1/s1. The maximum atomic E-state index is 13.2. The van der Waals surface area contributed by atoms with E-state index >= 15 is 0 Å². The molecule has 1 aliphatic heterocycles. The Balaban J connectivity index is 1.69. The first kappa shape index (κ1) is 23.1. The van der Waals surface area contributed by atoms with Crippen molar-refractivity contribution in [3.05, 3.63) is 35.4 Å². The molecule has 1 aromatic carbocycles. The first-order valence-corrected chi connectivity index (χ1v) is 11.3. The second-order valence-corrected chi connectivity index (χ2v) is 9.67. The van der Waals surface area contributed by atoms with Gasteiger partial charge < -0.3 is 15.4 Å². The molecule has 1 aliphatic carbocycles. The third-order valence-electron chi connectivity index (χ3n) is 5.88. The molecule has 1 heterocycles. The topological polar surface area (TPSA) is 87.7 Å². The van der Waals surface area contributed by atoms with Gasteiger partial charge in [-0.25, -0.2) is 4.79 Å². The van der Waals surface area contributed by atoms with Crippen molar-refractivity contribution in [2.75, 3.05) is 0 Å². The van der Waals surface area contributed by atoms with Gasteiger partial charge in [-0.05, 0) is 51.7 Å². The van der Waals surface area contributed by atoms with E-state index < -0.39 is 23.8 Å². The number of carbonyl (C=O) groups is 3. The van der Waals surface area contributed by atoms with Crippen LogP contribution in [0.15, 0.2) is 24.3 Å². The lowest BCUT2D eigenvalue weighted by Crippen LogP contribution is -2.57. The zero-order valence-electron chi connectivity index (χ0n) is 19.1. The zero-order valence-corrected chi connectivity index (χ0v) is 19.1. The first-order chi connectivity index (χ1) is 14.6. The summed E-state index contributed by atoms with van der Waals surface area (Å²) in [6.07, 6.45) is 5.29. The van der Waals surface area contributed by atoms with Crippen LogP contribution in [0.4, 0.5) is 4.79 Å². The normalized spacial score (nSPS) is 20.4. The summed E-state index contributed by atoms with van der Waals surface area (Å²) < 4.78 is 5.55. The van der Waals surface area contributed by atoms with Crippen molar-refractivity contribution in [1.82, 2.24) is 15.5 Å². The molecule has 7 nitrogen and oxygen atoms in total. The van der Waals surface area contributed by atoms with E-state index in [2.05, 4.69) is 10.6 Å². The smallest absolute Gasteiger partial charge is 0.411 e. The molecule has 0 aromatic heterocycles. The van der Waals surface area contributed by atoms with Crippen LogP contribution >= 0.6 is 0 Å². The molecule has 2 N–H and O–H groups in total. The Morgan fingerprint density at radius 2 is 1.71 bits per heavy atom. The van der Waals surface area contributed by atoms with Crippen LogP contribution in [0.2, 0.25) is 0 Å². The minimum atomic E-state index is -0.727. The highest BCUT2D eigenvalue weighted by Gasteiger charge is 2.37. The summed E-state index contributed by atoms with van der Waals surface area (Å²) in [5.41, 5.74) is 1.37. The fourth-order valence-electron chi connectivity index (χ4n) is 4.22. The van der Waals surface area contributed by atoms with Gasteiger partial charge in [0.25, 0.3) is 0 Å². The number of hydrogen-bond acceptors (Lipinski definition) is 4. The number of rotatable bonds is 4. The monoisotopic (exact) mass is 429 g/mol. The summed E-state index contributed by atoms with van der Waals surface area (Å²) in [5.74, 6) is -0.521. The van der Waals surface area contributed by atoms with Crippen LogP contribution in [-0.2, 0) is 27.3 Å². The van der Waals surface area contributed by atoms with Gasteiger partial charge in [-0.15, -0.1) is 0 Å². The van der Waals surface area contributed by atoms with E-state index in [0.717, 1.165) is 36.8 Å². The van der Waals surface area contributed by atoms with E-state index in [1.807, 2.05) is 24.3 Å². The molecule has 1 fully saturated rings. The number of hydrogen-bond donors (Lipinski definition) is 2. The van der Waals surface area contributed by atoms with Crippen LogP contribution in [0, 0.1) is 0 Å². The van der Waals surface area contributed by atoms with Gasteiger partial charge in [-0.1, -0.05) is 43.5 Å². The van der Waals surface area contributed by atoms with Crippen molar-refractivity contribution in [2.45, 2.75) is 96.5 Å². The lowest BCUT2D eigenvalue weighted by Gasteiger charge is -2.37. The molecule has 3 rings (SSSR count). The molecule has 0 saturated heterocycles. The molecular formula is C24H35N3O4. The van der Waals surface area contributed by atoms with Gasteiger partial charge >= 0.3 is 6.09 Å². The first-order valence-electron chi connectivity index (χ1n) is 11.3. The Kier molecular flexibility index (Phi) is 7.23. The highest BCUT2D eigenvalue weighted by Crippen LogP contribution is 2.25. The summed E-state index contributed by atoms with van der Waals surface area (Å²) >= 11 is 0. The van der Waals surface area contributed by atoms with Gasteiger partial charge in [0, 0.05) is 12.5 Å². The van der Waals surface area contributed by atoms with Crippen LogP contribution in [0.1, 0.15) is 70.9 Å². The summed E-state index contributed by atoms with van der Waals surface area (Å²) in [4.78, 5) is 40.1. The van der Waals surface area contributed by atoms with E-state index in [0.29, 0.717) is 13.0 Å². The average Bonchev–Trinajstić information content (AvgIpc) is 2.72. The predicted molar refractivity (Wildman–Crippen MR) is 118 cm³/mol. The number of amides is 3. The van der Waals surface area contributed by atoms with Crippen LogP contribution in [0.3, 0.4) is 0 Å². The van der Waals surface area contributed by atoms with E-state index in [-0.39, 0.29) is 17.9 Å². The Morgan fingerprint density at radius 3 is 2.35 bits per heavy atom. The molecule has 2 atom stereocenters. The average molecular weight is 430 g/mol. The van der Waals surface area contributed by atoms with E-state index in [9.17, 15) is 14.4 Å². The number of nitrogens with zero attached hydrogens (tertiary/aromatic N) is 1. The molecule has 1 saturated carbocycles. The molecule has 7 heteroatoms. The molecule has 1 aromatic rings. The molecule has 170 valence electrons. The lowest BCUT2D eigenvalue weighted by atomic mass is 9.93. The Hall–Kier alpha value is -2.57. The summed E-state index contributed by atoms with van der Waals surface area (Å²) in [5, 5.41) is 5.87. The van der Waals surface area contributed by atoms with Gasteiger partial charge in [-0.2, -0.15) is 0 Å². The summed E-state index contributed by atoms with van der Waals surface area (Å²) in [6, 6.07) is 6.56. The fraction of sp³-hybridized carbons (Fsp3) is 0.625. The second kappa shape index (κ2) is 9.71. The fourth-order valence-corrected chi connectivity index (χ4v) is 4.22. The van der Waals surface area contributed by atoms with Gasteiger partial charge in [0.2, 0.25) is 11.8 Å². The van der Waals surface area contributed by atoms with E-state index in [4.69, 9.17) is 4.74 Å². The largest absolute Gasteiger partial charge is 0.444 e. The zero-order chi connectivity index (χ0) is 22.6. The van der Waals surface area contributed by atoms with Gasteiger partial charge in [0.15, 0.2) is 0 Å². The number of ether oxygens (including phenoxy) is 1. The summed E-state index contributed by atoms with van der Waals surface area (Å²) in [6.45, 7) is 7.39.